The van der Waals surface area contributed by atoms with Gasteiger partial charge in [-0.2, -0.15) is 0 Å². The van der Waals surface area contributed by atoms with Crippen LogP contribution in [0.1, 0.15) is 16.9 Å². The number of fused-ring (bicyclic) bond motifs is 3. The molecule has 4 rings (SSSR count). The molecule has 2 aliphatic heterocycles. The van der Waals surface area contributed by atoms with Gasteiger partial charge in [-0.05, 0) is 18.6 Å². The van der Waals surface area contributed by atoms with E-state index in [1.54, 1.807) is 0 Å². The minimum absolute atomic E-state index is 0.0278. The van der Waals surface area contributed by atoms with Crippen LogP contribution < -0.4 is 15.5 Å². The summed E-state index contributed by atoms with van der Waals surface area (Å²) in [4.78, 5) is 34.4. The van der Waals surface area contributed by atoms with Gasteiger partial charge < -0.3 is 15.5 Å². The average Bonchev–Trinajstić information content (AvgIpc) is 3.00. The van der Waals surface area contributed by atoms with E-state index in [0.29, 0.717) is 13.0 Å². The number of hydrogen-bond acceptors (Lipinski definition) is 5. The molecule has 7 heteroatoms. The van der Waals surface area contributed by atoms with Crippen molar-refractivity contribution in [1.82, 2.24) is 15.3 Å². The van der Waals surface area contributed by atoms with Gasteiger partial charge in [0, 0.05) is 25.0 Å². The number of amides is 2. The Hall–Kier alpha value is -2.96. The second-order valence-electron chi connectivity index (χ2n) is 5.67. The molecule has 2 amide bonds. The second kappa shape index (κ2) is 5.35. The number of rotatable bonds is 2. The normalized spacial score (nSPS) is 22.1. The van der Waals surface area contributed by atoms with E-state index in [1.165, 1.54) is 18.6 Å². The Bertz CT molecular complexity index is 764. The Morgan fingerprint density at radius 1 is 1.30 bits per heavy atom. The van der Waals surface area contributed by atoms with Gasteiger partial charge in [-0.1, -0.05) is 12.1 Å². The molecule has 1 fully saturated rings. The SMILES string of the molecule is O=C(NC1CC2C(=O)Nc3ccccc3N2C1)c1cnccn1. The Kier molecular flexibility index (Phi) is 3.18. The van der Waals surface area contributed by atoms with E-state index in [9.17, 15) is 9.59 Å². The number of nitrogens with one attached hydrogen (secondary N) is 2. The van der Waals surface area contributed by atoms with Crippen LogP contribution in [0.4, 0.5) is 11.4 Å². The summed E-state index contributed by atoms with van der Waals surface area (Å²) in [7, 11) is 0. The zero-order chi connectivity index (χ0) is 15.8. The number of anilines is 2. The molecule has 2 atom stereocenters. The lowest BCUT2D eigenvalue weighted by molar-refractivity contribution is -0.117. The minimum Gasteiger partial charge on any atom is -0.356 e. The van der Waals surface area contributed by atoms with Crippen molar-refractivity contribution >= 4 is 23.2 Å². The zero-order valence-electron chi connectivity index (χ0n) is 12.3. The molecular formula is C16H15N5O2. The van der Waals surface area contributed by atoms with Crippen LogP contribution in [0.25, 0.3) is 0 Å². The van der Waals surface area contributed by atoms with E-state index in [-0.39, 0.29) is 29.6 Å². The van der Waals surface area contributed by atoms with E-state index < -0.39 is 0 Å². The molecule has 0 saturated carbocycles. The molecule has 2 N–H and O–H groups in total. The van der Waals surface area contributed by atoms with Gasteiger partial charge in [-0.3, -0.25) is 14.6 Å². The lowest BCUT2D eigenvalue weighted by Gasteiger charge is -2.32. The largest absolute Gasteiger partial charge is 0.356 e. The smallest absolute Gasteiger partial charge is 0.271 e. The van der Waals surface area contributed by atoms with Crippen LogP contribution in [0.2, 0.25) is 0 Å². The van der Waals surface area contributed by atoms with Crippen LogP contribution in [0.15, 0.2) is 42.9 Å². The molecule has 0 bridgehead atoms. The van der Waals surface area contributed by atoms with Crippen molar-refractivity contribution in [2.24, 2.45) is 0 Å². The molecule has 116 valence electrons. The molecule has 0 spiro atoms. The highest BCUT2D eigenvalue weighted by atomic mass is 16.2. The number of para-hydroxylation sites is 2. The lowest BCUT2D eigenvalue weighted by atomic mass is 10.1. The maximum atomic E-state index is 12.3. The molecular weight excluding hydrogens is 294 g/mol. The van der Waals surface area contributed by atoms with Crippen molar-refractivity contribution in [2.75, 3.05) is 16.8 Å². The molecule has 7 nitrogen and oxygen atoms in total. The molecule has 2 aromatic rings. The first-order valence-electron chi connectivity index (χ1n) is 7.46. The van der Waals surface area contributed by atoms with Crippen LogP contribution in [-0.2, 0) is 4.79 Å². The lowest BCUT2D eigenvalue weighted by Crippen LogP contribution is -2.44. The molecule has 23 heavy (non-hydrogen) atoms. The van der Waals surface area contributed by atoms with E-state index in [4.69, 9.17) is 0 Å². The van der Waals surface area contributed by atoms with E-state index in [0.717, 1.165) is 11.4 Å². The predicted molar refractivity (Wildman–Crippen MR) is 84.1 cm³/mol. The summed E-state index contributed by atoms with van der Waals surface area (Å²) in [6.45, 7) is 0.598. The van der Waals surface area contributed by atoms with Gasteiger partial charge in [0.05, 0.1) is 17.6 Å². The first-order chi connectivity index (χ1) is 11.2. The van der Waals surface area contributed by atoms with Gasteiger partial charge >= 0.3 is 0 Å². The summed E-state index contributed by atoms with van der Waals surface area (Å²) in [5.41, 5.74) is 2.09. The van der Waals surface area contributed by atoms with Crippen LogP contribution in [-0.4, -0.2) is 40.4 Å². The summed E-state index contributed by atoms with van der Waals surface area (Å²) in [5, 5.41) is 5.86. The fraction of sp³-hybridized carbons (Fsp3) is 0.250. The summed E-state index contributed by atoms with van der Waals surface area (Å²) in [6, 6.07) is 7.34. The van der Waals surface area contributed by atoms with Crippen molar-refractivity contribution < 1.29 is 9.59 Å². The van der Waals surface area contributed by atoms with Crippen LogP contribution in [0.5, 0.6) is 0 Å². The van der Waals surface area contributed by atoms with Gasteiger partial charge in [0.15, 0.2) is 0 Å². The first kappa shape index (κ1) is 13.7. The Balaban J connectivity index is 1.53. The molecule has 1 aromatic carbocycles. The third-order valence-corrected chi connectivity index (χ3v) is 4.21. The highest BCUT2D eigenvalue weighted by Gasteiger charge is 2.41. The third kappa shape index (κ3) is 2.40. The third-order valence-electron chi connectivity index (χ3n) is 4.21. The topological polar surface area (TPSA) is 87.2 Å². The van der Waals surface area contributed by atoms with Gasteiger partial charge in [0.2, 0.25) is 5.91 Å². The van der Waals surface area contributed by atoms with Crippen molar-refractivity contribution in [1.29, 1.82) is 0 Å². The van der Waals surface area contributed by atoms with Crippen molar-refractivity contribution in [3.05, 3.63) is 48.5 Å². The Morgan fingerprint density at radius 3 is 3.00 bits per heavy atom. The monoisotopic (exact) mass is 309 g/mol. The molecule has 3 heterocycles. The van der Waals surface area contributed by atoms with E-state index in [2.05, 4.69) is 25.5 Å². The second-order valence-corrected chi connectivity index (χ2v) is 5.67. The number of benzene rings is 1. The molecule has 1 aromatic heterocycles. The van der Waals surface area contributed by atoms with Gasteiger partial charge in [0.1, 0.15) is 11.7 Å². The number of hydrogen-bond donors (Lipinski definition) is 2. The Morgan fingerprint density at radius 2 is 2.17 bits per heavy atom. The zero-order valence-corrected chi connectivity index (χ0v) is 12.3. The standard InChI is InChI=1S/C16H15N5O2/c22-15(12-8-17-5-6-18-12)19-10-7-14-16(23)20-11-3-1-2-4-13(11)21(14)9-10/h1-6,8,10,14H,7,9H2,(H,19,22)(H,20,23). The van der Waals surface area contributed by atoms with Crippen LogP contribution >= 0.6 is 0 Å². The summed E-state index contributed by atoms with van der Waals surface area (Å²) < 4.78 is 0. The highest BCUT2D eigenvalue weighted by Crippen LogP contribution is 2.36. The fourth-order valence-electron chi connectivity index (χ4n) is 3.18. The molecule has 1 saturated heterocycles. The number of nitrogens with zero attached hydrogens (tertiary/aromatic N) is 3. The summed E-state index contributed by atoms with van der Waals surface area (Å²) in [5.74, 6) is -0.295. The molecule has 0 aliphatic carbocycles. The number of aromatic nitrogens is 2. The van der Waals surface area contributed by atoms with Gasteiger partial charge in [-0.15, -0.1) is 0 Å². The summed E-state index contributed by atoms with van der Waals surface area (Å²) >= 11 is 0. The van der Waals surface area contributed by atoms with Crippen LogP contribution in [0, 0.1) is 0 Å². The van der Waals surface area contributed by atoms with E-state index in [1.807, 2.05) is 24.3 Å². The molecule has 2 aliphatic rings. The van der Waals surface area contributed by atoms with Crippen LogP contribution in [0.3, 0.4) is 0 Å². The van der Waals surface area contributed by atoms with E-state index >= 15 is 0 Å². The predicted octanol–water partition coefficient (Wildman–Crippen LogP) is 0.806. The maximum absolute atomic E-state index is 12.3. The number of carbonyl (C=O) groups is 2. The fourth-order valence-corrected chi connectivity index (χ4v) is 3.18. The Labute approximate surface area is 132 Å². The quantitative estimate of drug-likeness (QED) is 0.857. The number of carbonyl (C=O) groups excluding carboxylic acids is 2. The first-order valence-corrected chi connectivity index (χ1v) is 7.46. The van der Waals surface area contributed by atoms with Crippen molar-refractivity contribution in [2.45, 2.75) is 18.5 Å². The minimum atomic E-state index is -0.267. The van der Waals surface area contributed by atoms with Gasteiger partial charge in [-0.25, -0.2) is 4.98 Å². The maximum Gasteiger partial charge on any atom is 0.271 e. The highest BCUT2D eigenvalue weighted by molar-refractivity contribution is 6.04. The molecule has 0 radical (unpaired) electrons. The van der Waals surface area contributed by atoms with Crippen molar-refractivity contribution in [3.8, 4) is 0 Å². The van der Waals surface area contributed by atoms with Crippen molar-refractivity contribution in [3.63, 3.8) is 0 Å². The average molecular weight is 309 g/mol. The molecule has 2 unspecified atom stereocenters. The summed E-state index contributed by atoms with van der Waals surface area (Å²) in [6.07, 6.45) is 5.01. The van der Waals surface area contributed by atoms with Gasteiger partial charge in [0.25, 0.3) is 5.91 Å².